The molecule has 3 atom stereocenters. The Kier molecular flexibility index (Phi) is 32.7. The Morgan fingerprint density at radius 2 is 0.817 bits per heavy atom. The highest BCUT2D eigenvalue weighted by Crippen LogP contribution is 2.50. The van der Waals surface area contributed by atoms with Gasteiger partial charge in [0.05, 0.1) is 78.8 Å². The van der Waals surface area contributed by atoms with Crippen molar-refractivity contribution >= 4 is 92.7 Å². The quantitative estimate of drug-likeness (QED) is 0.0157. The SMILES string of the molecule is CC1(C)CCC(CCCCOS(C)(=O)=O)C1.Cc1[nH]ncc1S(=O)(=O)NC(=O)c1ccc(-n2ccc(OCCC3(C)CC3)n2)nc1Cl.Cc1c(S(=O)(=O)NC(=O)c2ccc(-n3ccc(OCCC4(C)CC4)n3)nc2Cl)cnn1CCCCC1CCC(C)(C)C1.Cc1nn(CCCCC2CCC(C)(C)C2)cc1S(=O)(=O)NC(=O)c1ccc(-n2ccc(OCCC3(C)CC3)n2)nc1Cl. The van der Waals surface area contributed by atoms with Crippen LogP contribution in [-0.4, -0.2) is 158 Å². The molecule has 0 saturated heterocycles. The van der Waals surface area contributed by atoms with Crippen LogP contribution < -0.4 is 28.4 Å². The van der Waals surface area contributed by atoms with Crippen molar-refractivity contribution in [2.45, 2.75) is 284 Å². The molecule has 0 radical (unpaired) electrons. The third kappa shape index (κ3) is 29.6. The Morgan fingerprint density at radius 3 is 1.16 bits per heavy atom. The lowest BCUT2D eigenvalue weighted by Crippen LogP contribution is -2.31. The molecule has 9 aromatic rings. The van der Waals surface area contributed by atoms with Crippen molar-refractivity contribution in [2.24, 2.45) is 50.2 Å². The molecule has 0 spiro atoms. The number of halogens is 3. The molecule has 6 fully saturated rings. The van der Waals surface area contributed by atoms with Crippen LogP contribution in [0.2, 0.25) is 15.5 Å². The predicted molar refractivity (Wildman–Crippen MR) is 498 cm³/mol. The first-order valence-electron chi connectivity index (χ1n) is 45.3. The number of rotatable bonds is 40. The number of sulfonamides is 3. The number of unbranched alkanes of at least 4 members (excludes halogenated alkanes) is 3. The third-order valence-electron chi connectivity index (χ3n) is 26.1. The molecule has 9 heterocycles. The number of nitrogens with one attached hydrogen (secondary N) is 4. The summed E-state index contributed by atoms with van der Waals surface area (Å²) < 4.78 is 134. The van der Waals surface area contributed by atoms with E-state index in [2.05, 4.69) is 122 Å². The van der Waals surface area contributed by atoms with Crippen molar-refractivity contribution in [1.82, 2.24) is 88.2 Å². The first-order valence-corrected chi connectivity index (χ1v) is 52.7. The zero-order chi connectivity index (χ0) is 94.7. The Balaban J connectivity index is 0.000000165. The number of aromatic nitrogens is 15. The number of H-pyrrole nitrogens is 1. The van der Waals surface area contributed by atoms with Crippen LogP contribution >= 0.6 is 34.8 Å². The lowest BCUT2D eigenvalue weighted by molar-refractivity contribution is 0.0972. The topological polar surface area (TPSA) is 417 Å². The summed E-state index contributed by atoms with van der Waals surface area (Å²) in [6.07, 6.45) is 41.6. The van der Waals surface area contributed by atoms with E-state index in [0.29, 0.717) is 124 Å². The van der Waals surface area contributed by atoms with Crippen molar-refractivity contribution < 1.29 is 66.4 Å². The number of aryl methyl sites for hydroxylation is 4. The van der Waals surface area contributed by atoms with Gasteiger partial charge in [-0.1, -0.05) is 136 Å². The molecule has 6 aliphatic carbocycles. The Labute approximate surface area is 785 Å². The van der Waals surface area contributed by atoms with Gasteiger partial charge in [0, 0.05) is 56.1 Å². The number of carbonyl (C=O) groups excluding carboxylic acids is 3. The first-order chi connectivity index (χ1) is 61.6. The summed E-state index contributed by atoms with van der Waals surface area (Å²) in [7, 11) is -15.7. The number of carbonyl (C=O) groups is 3. The molecule has 131 heavy (non-hydrogen) atoms. The fourth-order valence-electron chi connectivity index (χ4n) is 17.0. The van der Waals surface area contributed by atoms with E-state index in [1.54, 1.807) is 72.1 Å². The molecule has 3 unspecified atom stereocenters. The number of hydrogen-bond acceptors (Lipinski definition) is 24. The van der Waals surface area contributed by atoms with Crippen LogP contribution in [0.3, 0.4) is 0 Å². The van der Waals surface area contributed by atoms with Crippen LogP contribution in [0, 0.1) is 71.0 Å². The lowest BCUT2D eigenvalue weighted by atomic mass is 9.89. The number of pyridine rings is 3. The molecule has 0 aliphatic heterocycles. The summed E-state index contributed by atoms with van der Waals surface area (Å²) in [6.45, 7) is 29.0. The van der Waals surface area contributed by atoms with E-state index in [4.69, 9.17) is 53.2 Å². The molecule has 9 aromatic heterocycles. The summed E-state index contributed by atoms with van der Waals surface area (Å²) >= 11 is 18.8. The minimum absolute atomic E-state index is 0.0335. The Morgan fingerprint density at radius 1 is 0.450 bits per heavy atom. The lowest BCUT2D eigenvalue weighted by Gasteiger charge is -2.17. The fraction of sp³-hybridized carbons (Fsp3) is 0.604. The number of hydrogen-bond donors (Lipinski definition) is 4. The standard InChI is InChI=1S/2C30H41ClN6O4S.C19H21ClN6O4S.C12H24O3S/c1-21-24(20-36(33-21)16-6-5-7-22-10-12-29(2,3)19-22)42(39,40)35-28(38)23-8-9-25(32-27(23)31)37-17-11-26(34-37)41-18-15-30(4)13-14-30;1-21-24(20-32-36(21)16-6-5-7-22-10-12-29(2,3)19-22)42(39,40)35-28(38)23-8-9-25(33-27(23)31)37-17-11-26(34-37)41-18-15-30(4)13-14-30;1-12-14(11-21-23-12)31(28,29)25-18(27)13-3-4-15(22-17(13)20)26-9-5-16(24-26)30-10-8-19(2)6-7-19;1-12(2)8-7-11(10-12)6-4-5-9-15-16(3,13)14/h2*8-9,11,17,20,22H,5-7,10,12-16,18-19H2,1-4H3,(H,35,38);3-5,9,11H,6-8,10H2,1-2H3,(H,21,23)(H,25,27);11H,4-10H2,1-3H3. The van der Waals surface area contributed by atoms with Crippen LogP contribution in [0.1, 0.15) is 284 Å². The molecular weight excluding hydrogens is 1820 g/mol. The van der Waals surface area contributed by atoms with Gasteiger partial charge in [0.15, 0.2) is 17.5 Å². The maximum atomic E-state index is 13.1. The summed E-state index contributed by atoms with van der Waals surface area (Å²) in [4.78, 5) is 50.8. The van der Waals surface area contributed by atoms with Gasteiger partial charge in [-0.15, -0.1) is 15.3 Å². The Bertz CT molecular complexity index is 5820. The van der Waals surface area contributed by atoms with Gasteiger partial charge in [0.25, 0.3) is 57.9 Å². The number of nitrogens with zero attached hydrogens (tertiary/aromatic N) is 14. The normalized spacial score (nSPS) is 18.8. The van der Waals surface area contributed by atoms with Crippen molar-refractivity contribution in [2.75, 3.05) is 32.7 Å². The van der Waals surface area contributed by atoms with Crippen molar-refractivity contribution in [1.29, 1.82) is 0 Å². The molecular formula is C91H127Cl3N18O15S4. The summed E-state index contributed by atoms with van der Waals surface area (Å²) in [6, 6.07) is 14.0. The molecule has 4 N–H and O–H groups in total. The van der Waals surface area contributed by atoms with Crippen molar-refractivity contribution in [3.63, 3.8) is 0 Å². The molecule has 15 rings (SSSR count). The van der Waals surface area contributed by atoms with Crippen molar-refractivity contribution in [3.05, 3.63) is 141 Å². The van der Waals surface area contributed by atoms with E-state index in [0.717, 1.165) is 88.0 Å². The van der Waals surface area contributed by atoms with Gasteiger partial charge in [-0.25, -0.2) is 68.4 Å². The molecule has 0 aromatic carbocycles. The maximum absolute atomic E-state index is 13.1. The highest BCUT2D eigenvalue weighted by molar-refractivity contribution is 7.90. The first kappa shape index (κ1) is 101. The van der Waals surface area contributed by atoms with E-state index in [1.807, 2.05) is 4.72 Å². The van der Waals surface area contributed by atoms with Gasteiger partial charge in [0.2, 0.25) is 17.6 Å². The van der Waals surface area contributed by atoms with Crippen LogP contribution in [0.4, 0.5) is 0 Å². The Hall–Kier alpha value is -8.85. The van der Waals surface area contributed by atoms with Gasteiger partial charge in [-0.2, -0.15) is 23.7 Å². The minimum atomic E-state index is -4.17. The van der Waals surface area contributed by atoms with Crippen LogP contribution in [-0.2, 0) is 57.5 Å². The number of aromatic amines is 1. The van der Waals surface area contributed by atoms with E-state index in [1.165, 1.54) is 173 Å². The van der Waals surface area contributed by atoms with Gasteiger partial charge >= 0.3 is 0 Å². The van der Waals surface area contributed by atoms with E-state index < -0.39 is 57.9 Å². The smallest absolute Gasteiger partial charge is 0.268 e. The van der Waals surface area contributed by atoms with Crippen LogP contribution in [0.5, 0.6) is 17.6 Å². The minimum Gasteiger partial charge on any atom is -0.477 e. The molecule has 716 valence electrons. The molecule has 0 bridgehead atoms. The third-order valence-corrected chi connectivity index (χ3v) is 31.9. The second-order valence-electron chi connectivity index (χ2n) is 39.7. The van der Waals surface area contributed by atoms with Gasteiger partial charge in [0.1, 0.15) is 30.1 Å². The average molecular weight is 1950 g/mol. The van der Waals surface area contributed by atoms with Gasteiger partial charge in [-0.05, 0) is 242 Å². The van der Waals surface area contributed by atoms with Crippen molar-refractivity contribution in [3.8, 4) is 35.1 Å². The molecule has 6 aliphatic rings. The summed E-state index contributed by atoms with van der Waals surface area (Å²) in [5.74, 6) is 2.26. The molecule has 6 saturated carbocycles. The largest absolute Gasteiger partial charge is 0.477 e. The van der Waals surface area contributed by atoms with Crippen LogP contribution in [0.25, 0.3) is 17.5 Å². The van der Waals surface area contributed by atoms with E-state index in [9.17, 15) is 48.1 Å². The average Bonchev–Trinajstić information content (AvgIpc) is 1.79. The van der Waals surface area contributed by atoms with Crippen LogP contribution in [0.15, 0.2) is 106 Å². The van der Waals surface area contributed by atoms with Gasteiger partial charge in [-0.3, -0.25) is 33.0 Å². The zero-order valence-corrected chi connectivity index (χ0v) is 82.9. The summed E-state index contributed by atoms with van der Waals surface area (Å²) in [5.41, 5.74) is 3.52. The predicted octanol–water partition coefficient (Wildman–Crippen LogP) is 17.8. The molecule has 40 heteroatoms. The van der Waals surface area contributed by atoms with E-state index in [-0.39, 0.29) is 46.8 Å². The number of amides is 3. The second kappa shape index (κ2) is 42.4. The molecule has 33 nitrogen and oxygen atoms in total. The monoisotopic (exact) mass is 1940 g/mol. The highest BCUT2D eigenvalue weighted by atomic mass is 35.5. The highest BCUT2D eigenvalue weighted by Gasteiger charge is 2.40. The summed E-state index contributed by atoms with van der Waals surface area (Å²) in [5, 5.41) is 27.4. The number of ether oxygens (including phenoxy) is 3. The zero-order valence-electron chi connectivity index (χ0n) is 77.4. The fourth-order valence-corrected chi connectivity index (χ4v) is 21.6. The van der Waals surface area contributed by atoms with Gasteiger partial charge < -0.3 is 14.2 Å². The maximum Gasteiger partial charge on any atom is 0.268 e. The second-order valence-corrected chi connectivity index (χ2v) is 47.4. The van der Waals surface area contributed by atoms with E-state index >= 15 is 0 Å². The molecule has 3 amide bonds.